The number of ether oxygens (including phenoxy) is 2. The number of benzene rings is 1. The highest BCUT2D eigenvalue weighted by molar-refractivity contribution is 5.43. The van der Waals surface area contributed by atoms with Gasteiger partial charge in [-0.05, 0) is 44.4 Å². The molecule has 0 fully saturated rings. The van der Waals surface area contributed by atoms with Gasteiger partial charge < -0.3 is 9.47 Å². The third kappa shape index (κ3) is 3.71. The molecule has 0 aliphatic carbocycles. The van der Waals surface area contributed by atoms with E-state index in [4.69, 9.17) is 9.47 Å². The first-order valence-corrected chi connectivity index (χ1v) is 6.56. The Morgan fingerprint density at radius 1 is 1.05 bits per heavy atom. The lowest BCUT2D eigenvalue weighted by molar-refractivity contribution is 0.287. The van der Waals surface area contributed by atoms with E-state index in [1.54, 1.807) is 6.20 Å². The van der Waals surface area contributed by atoms with Gasteiger partial charge in [-0.15, -0.1) is 0 Å². The van der Waals surface area contributed by atoms with Crippen molar-refractivity contribution < 1.29 is 9.47 Å². The predicted molar refractivity (Wildman–Crippen MR) is 72.6 cm³/mol. The summed E-state index contributed by atoms with van der Waals surface area (Å²) < 4.78 is 11.2. The molecule has 0 aliphatic rings. The quantitative estimate of drug-likeness (QED) is 0.831. The number of nitrogens with zero attached hydrogens (tertiary/aromatic N) is 2. The maximum atomic E-state index is 5.61. The van der Waals surface area contributed by atoms with Crippen molar-refractivity contribution in [3.05, 3.63) is 35.7 Å². The van der Waals surface area contributed by atoms with Gasteiger partial charge in [-0.1, -0.05) is 6.07 Å². The van der Waals surface area contributed by atoms with Gasteiger partial charge in [-0.3, -0.25) is 0 Å². The zero-order chi connectivity index (χ0) is 13.5. The topological polar surface area (TPSA) is 60.0 Å². The van der Waals surface area contributed by atoms with Crippen molar-refractivity contribution in [1.29, 1.82) is 0 Å². The predicted octanol–water partition coefficient (Wildman–Crippen LogP) is 2.39. The van der Waals surface area contributed by atoms with E-state index in [0.29, 0.717) is 13.2 Å². The number of rotatable bonds is 7. The number of aryl methyl sites for hydroxylation is 2. The molecular weight excluding hydrogens is 242 g/mol. The molecule has 0 amide bonds. The molecule has 0 bridgehead atoms. The minimum Gasteiger partial charge on any atom is -0.490 e. The van der Waals surface area contributed by atoms with Crippen LogP contribution in [0.5, 0.6) is 11.5 Å². The first-order chi connectivity index (χ1) is 9.33. The summed E-state index contributed by atoms with van der Waals surface area (Å²) in [6, 6.07) is 6.06. The van der Waals surface area contributed by atoms with Gasteiger partial charge in [0.2, 0.25) is 0 Å². The molecule has 19 heavy (non-hydrogen) atoms. The van der Waals surface area contributed by atoms with Gasteiger partial charge in [0.05, 0.1) is 25.1 Å². The molecule has 2 rings (SSSR count). The maximum Gasteiger partial charge on any atom is 0.161 e. The summed E-state index contributed by atoms with van der Waals surface area (Å²) in [4.78, 5) is 0. The van der Waals surface area contributed by atoms with Crippen molar-refractivity contribution in [2.75, 3.05) is 13.2 Å². The van der Waals surface area contributed by atoms with Crippen molar-refractivity contribution in [2.45, 2.75) is 26.7 Å². The second kappa shape index (κ2) is 6.78. The van der Waals surface area contributed by atoms with Gasteiger partial charge in [-0.2, -0.15) is 15.4 Å². The van der Waals surface area contributed by atoms with Crippen LogP contribution in [-0.4, -0.2) is 28.6 Å². The van der Waals surface area contributed by atoms with Crippen LogP contribution in [0, 0.1) is 0 Å². The Hall–Kier alpha value is -2.04. The Morgan fingerprint density at radius 3 is 2.53 bits per heavy atom. The van der Waals surface area contributed by atoms with E-state index >= 15 is 0 Å². The van der Waals surface area contributed by atoms with E-state index in [1.807, 2.05) is 26.0 Å². The van der Waals surface area contributed by atoms with Gasteiger partial charge in [0, 0.05) is 0 Å². The van der Waals surface area contributed by atoms with Crippen LogP contribution in [0.3, 0.4) is 0 Å². The van der Waals surface area contributed by atoms with Gasteiger partial charge in [0.15, 0.2) is 11.5 Å². The molecule has 0 atom stereocenters. The Labute approximate surface area is 112 Å². The maximum absolute atomic E-state index is 5.61. The second-order valence-electron chi connectivity index (χ2n) is 4.11. The van der Waals surface area contributed by atoms with E-state index < -0.39 is 0 Å². The minimum atomic E-state index is 0.632. The van der Waals surface area contributed by atoms with Crippen molar-refractivity contribution in [1.82, 2.24) is 15.4 Å². The van der Waals surface area contributed by atoms with Crippen LogP contribution in [0.15, 0.2) is 24.4 Å². The number of aromatic amines is 1. The van der Waals surface area contributed by atoms with Crippen LogP contribution in [-0.2, 0) is 12.8 Å². The molecule has 5 heteroatoms. The summed E-state index contributed by atoms with van der Waals surface area (Å²) in [5.41, 5.74) is 2.17. The summed E-state index contributed by atoms with van der Waals surface area (Å²) in [6.07, 6.45) is 3.51. The van der Waals surface area contributed by atoms with Gasteiger partial charge in [0.25, 0.3) is 0 Å². The highest BCUT2D eigenvalue weighted by Gasteiger charge is 2.06. The fraction of sp³-hybridized carbons (Fsp3) is 0.429. The molecule has 102 valence electrons. The molecule has 0 saturated heterocycles. The first kappa shape index (κ1) is 13.4. The number of nitrogens with one attached hydrogen (secondary N) is 1. The van der Waals surface area contributed by atoms with E-state index in [1.165, 1.54) is 5.56 Å². The van der Waals surface area contributed by atoms with Crippen LogP contribution in [0.2, 0.25) is 0 Å². The Kier molecular flexibility index (Phi) is 4.78. The lowest BCUT2D eigenvalue weighted by Gasteiger charge is -2.12. The molecule has 1 aromatic heterocycles. The molecular formula is C14H19N3O2. The Bertz CT molecular complexity index is 497. The Morgan fingerprint density at radius 2 is 1.84 bits per heavy atom. The van der Waals surface area contributed by atoms with Gasteiger partial charge in [-0.25, -0.2) is 0 Å². The standard InChI is InChI=1S/C14H19N3O2/c1-3-18-13-8-6-11(9-14(13)19-4-2)5-7-12-10-15-17-16-12/h6,8-10H,3-5,7H2,1-2H3,(H,15,16,17). The third-order valence-electron chi connectivity index (χ3n) is 2.74. The van der Waals surface area contributed by atoms with E-state index in [2.05, 4.69) is 21.5 Å². The van der Waals surface area contributed by atoms with Crippen molar-refractivity contribution in [3.63, 3.8) is 0 Å². The minimum absolute atomic E-state index is 0.632. The summed E-state index contributed by atoms with van der Waals surface area (Å²) in [7, 11) is 0. The molecule has 2 aromatic rings. The summed E-state index contributed by atoms with van der Waals surface area (Å²) >= 11 is 0. The normalized spacial score (nSPS) is 10.4. The smallest absolute Gasteiger partial charge is 0.161 e. The second-order valence-corrected chi connectivity index (χ2v) is 4.11. The first-order valence-electron chi connectivity index (χ1n) is 6.56. The molecule has 0 saturated carbocycles. The molecule has 5 nitrogen and oxygen atoms in total. The van der Waals surface area contributed by atoms with Crippen LogP contribution in [0.25, 0.3) is 0 Å². The summed E-state index contributed by atoms with van der Waals surface area (Å²) in [5, 5.41) is 10.5. The fourth-order valence-electron chi connectivity index (χ4n) is 1.87. The third-order valence-corrected chi connectivity index (χ3v) is 2.74. The molecule has 0 aliphatic heterocycles. The molecule has 1 aromatic carbocycles. The number of hydrogen-bond acceptors (Lipinski definition) is 4. The monoisotopic (exact) mass is 261 g/mol. The van der Waals surface area contributed by atoms with Crippen LogP contribution >= 0.6 is 0 Å². The SMILES string of the molecule is CCOc1ccc(CCc2cn[nH]n2)cc1OCC. The molecule has 0 spiro atoms. The van der Waals surface area contributed by atoms with E-state index in [0.717, 1.165) is 30.0 Å². The number of H-pyrrole nitrogens is 1. The van der Waals surface area contributed by atoms with Crippen molar-refractivity contribution >= 4 is 0 Å². The van der Waals surface area contributed by atoms with E-state index in [9.17, 15) is 0 Å². The van der Waals surface area contributed by atoms with Crippen molar-refractivity contribution in [2.24, 2.45) is 0 Å². The number of aromatic nitrogens is 3. The van der Waals surface area contributed by atoms with Crippen molar-refractivity contribution in [3.8, 4) is 11.5 Å². The average molecular weight is 261 g/mol. The Balaban J connectivity index is 2.06. The number of hydrogen-bond donors (Lipinski definition) is 1. The molecule has 1 heterocycles. The summed E-state index contributed by atoms with van der Waals surface area (Å²) in [5.74, 6) is 1.61. The molecule has 0 radical (unpaired) electrons. The van der Waals surface area contributed by atoms with Gasteiger partial charge >= 0.3 is 0 Å². The van der Waals surface area contributed by atoms with Gasteiger partial charge in [0.1, 0.15) is 0 Å². The van der Waals surface area contributed by atoms with Crippen LogP contribution < -0.4 is 9.47 Å². The summed E-state index contributed by atoms with van der Waals surface area (Å²) in [6.45, 7) is 5.21. The zero-order valence-corrected chi connectivity index (χ0v) is 11.3. The zero-order valence-electron chi connectivity index (χ0n) is 11.3. The lowest BCUT2D eigenvalue weighted by Crippen LogP contribution is -2.00. The van der Waals surface area contributed by atoms with E-state index in [-0.39, 0.29) is 0 Å². The lowest BCUT2D eigenvalue weighted by atomic mass is 10.1. The van der Waals surface area contributed by atoms with Crippen LogP contribution in [0.1, 0.15) is 25.1 Å². The molecule has 1 N–H and O–H groups in total. The fourth-order valence-corrected chi connectivity index (χ4v) is 1.87. The highest BCUT2D eigenvalue weighted by Crippen LogP contribution is 2.28. The molecule has 0 unspecified atom stereocenters. The van der Waals surface area contributed by atoms with Crippen LogP contribution in [0.4, 0.5) is 0 Å². The largest absolute Gasteiger partial charge is 0.490 e. The highest BCUT2D eigenvalue weighted by atomic mass is 16.5. The average Bonchev–Trinajstić information content (AvgIpc) is 2.93.